The number of carbonyl (C=O) groups is 2. The number of aliphatic hydroxyl groups is 1. The molecule has 3 rings (SSSR count). The first-order chi connectivity index (χ1) is 9.25. The summed E-state index contributed by atoms with van der Waals surface area (Å²) in [4.78, 5) is 26.1. The number of aliphatic hydroxyl groups excluding tert-OH is 1. The SMILES string of the molecule is CC1(C)C(O)CC1NC(=O)C1CSC2(C)CCC(=O)N12. The minimum absolute atomic E-state index is 0.000406. The van der Waals surface area contributed by atoms with Gasteiger partial charge in [0.05, 0.1) is 11.0 Å². The van der Waals surface area contributed by atoms with Gasteiger partial charge in [0.2, 0.25) is 11.8 Å². The molecule has 1 saturated carbocycles. The van der Waals surface area contributed by atoms with Crippen LogP contribution in [0.15, 0.2) is 0 Å². The minimum atomic E-state index is -0.357. The fourth-order valence-electron chi connectivity index (χ4n) is 3.43. The van der Waals surface area contributed by atoms with Gasteiger partial charge in [-0.3, -0.25) is 9.59 Å². The third kappa shape index (κ3) is 1.88. The van der Waals surface area contributed by atoms with E-state index in [-0.39, 0.29) is 40.3 Å². The highest BCUT2D eigenvalue weighted by molar-refractivity contribution is 8.01. The molecule has 3 aliphatic rings. The average molecular weight is 298 g/mol. The Morgan fingerprint density at radius 2 is 2.15 bits per heavy atom. The number of amides is 2. The van der Waals surface area contributed by atoms with Crippen LogP contribution < -0.4 is 5.32 Å². The van der Waals surface area contributed by atoms with Crippen molar-refractivity contribution in [3.63, 3.8) is 0 Å². The van der Waals surface area contributed by atoms with Crippen molar-refractivity contribution in [3.05, 3.63) is 0 Å². The van der Waals surface area contributed by atoms with Gasteiger partial charge < -0.3 is 15.3 Å². The summed E-state index contributed by atoms with van der Waals surface area (Å²) >= 11 is 1.70. The molecule has 4 atom stereocenters. The largest absolute Gasteiger partial charge is 0.392 e. The molecule has 0 aromatic carbocycles. The molecule has 5 nitrogen and oxygen atoms in total. The third-order valence-corrected chi connectivity index (χ3v) is 6.79. The highest BCUT2D eigenvalue weighted by Gasteiger charge is 2.54. The minimum Gasteiger partial charge on any atom is -0.392 e. The van der Waals surface area contributed by atoms with Crippen LogP contribution in [0.4, 0.5) is 0 Å². The molecule has 2 N–H and O–H groups in total. The third-order valence-electron chi connectivity index (χ3n) is 5.28. The van der Waals surface area contributed by atoms with E-state index in [1.165, 1.54) is 0 Å². The summed E-state index contributed by atoms with van der Waals surface area (Å²) < 4.78 is 0. The van der Waals surface area contributed by atoms with Crippen LogP contribution in [0, 0.1) is 5.41 Å². The Morgan fingerprint density at radius 1 is 1.45 bits per heavy atom. The first kappa shape index (κ1) is 14.2. The summed E-state index contributed by atoms with van der Waals surface area (Å²) in [5.41, 5.74) is -0.278. The molecular formula is C14H22N2O3S. The lowest BCUT2D eigenvalue weighted by Crippen LogP contribution is -2.63. The molecule has 3 fully saturated rings. The zero-order valence-electron chi connectivity index (χ0n) is 12.2. The standard InChI is InChI=1S/C14H22N2O3S/c1-13(2)9(6-10(13)17)15-12(19)8-7-20-14(3)5-4-11(18)16(8)14/h8-10,17H,4-7H2,1-3H3,(H,15,19). The first-order valence-electron chi connectivity index (χ1n) is 7.20. The van der Waals surface area contributed by atoms with Crippen LogP contribution in [0.2, 0.25) is 0 Å². The lowest BCUT2D eigenvalue weighted by atomic mass is 9.64. The van der Waals surface area contributed by atoms with Crippen molar-refractivity contribution in [2.45, 2.75) is 63.1 Å². The van der Waals surface area contributed by atoms with Crippen LogP contribution in [0.3, 0.4) is 0 Å². The molecule has 2 saturated heterocycles. The van der Waals surface area contributed by atoms with E-state index in [2.05, 4.69) is 5.32 Å². The van der Waals surface area contributed by atoms with Crippen LogP contribution in [-0.4, -0.2) is 50.6 Å². The fraction of sp³-hybridized carbons (Fsp3) is 0.857. The Morgan fingerprint density at radius 3 is 2.75 bits per heavy atom. The zero-order chi connectivity index (χ0) is 14.7. The van der Waals surface area contributed by atoms with Gasteiger partial charge in [-0.2, -0.15) is 0 Å². The predicted octanol–water partition coefficient (Wildman–Crippen LogP) is 0.716. The Balaban J connectivity index is 1.68. The van der Waals surface area contributed by atoms with Gasteiger partial charge in [-0.15, -0.1) is 11.8 Å². The van der Waals surface area contributed by atoms with E-state index in [1.807, 2.05) is 20.8 Å². The number of rotatable bonds is 2. The number of fused-ring (bicyclic) bond motifs is 1. The summed E-state index contributed by atoms with van der Waals surface area (Å²) in [6.45, 7) is 5.97. The molecule has 0 bridgehead atoms. The van der Waals surface area contributed by atoms with Gasteiger partial charge in [-0.25, -0.2) is 0 Å². The maximum absolute atomic E-state index is 12.5. The van der Waals surface area contributed by atoms with Gasteiger partial charge in [0.1, 0.15) is 6.04 Å². The van der Waals surface area contributed by atoms with Crippen molar-refractivity contribution in [2.75, 3.05) is 5.75 Å². The quantitative estimate of drug-likeness (QED) is 0.788. The van der Waals surface area contributed by atoms with Crippen LogP contribution in [0.5, 0.6) is 0 Å². The average Bonchev–Trinajstić information content (AvgIpc) is 2.87. The molecule has 4 unspecified atom stereocenters. The molecule has 2 aliphatic heterocycles. The van der Waals surface area contributed by atoms with Crippen molar-refractivity contribution in [3.8, 4) is 0 Å². The van der Waals surface area contributed by atoms with Crippen LogP contribution >= 0.6 is 11.8 Å². The van der Waals surface area contributed by atoms with Crippen molar-refractivity contribution >= 4 is 23.6 Å². The van der Waals surface area contributed by atoms with Crippen molar-refractivity contribution in [1.82, 2.24) is 10.2 Å². The number of thioether (sulfide) groups is 1. The van der Waals surface area contributed by atoms with Crippen LogP contribution in [0.25, 0.3) is 0 Å². The molecule has 112 valence electrons. The highest BCUT2D eigenvalue weighted by atomic mass is 32.2. The van der Waals surface area contributed by atoms with Gasteiger partial charge in [0.25, 0.3) is 0 Å². The van der Waals surface area contributed by atoms with Crippen LogP contribution in [0.1, 0.15) is 40.0 Å². The van der Waals surface area contributed by atoms with E-state index in [9.17, 15) is 14.7 Å². The normalized spacial score (nSPS) is 42.3. The number of nitrogens with zero attached hydrogens (tertiary/aromatic N) is 1. The highest BCUT2D eigenvalue weighted by Crippen LogP contribution is 2.47. The number of hydrogen-bond acceptors (Lipinski definition) is 4. The first-order valence-corrected chi connectivity index (χ1v) is 8.19. The smallest absolute Gasteiger partial charge is 0.243 e. The molecule has 0 aromatic heterocycles. The fourth-order valence-corrected chi connectivity index (χ4v) is 4.86. The maximum Gasteiger partial charge on any atom is 0.243 e. The Bertz CT molecular complexity index is 467. The van der Waals surface area contributed by atoms with Crippen molar-refractivity contribution in [2.24, 2.45) is 5.41 Å². The Kier molecular flexibility index (Phi) is 3.10. The molecule has 2 amide bonds. The Labute approximate surface area is 123 Å². The second-order valence-corrected chi connectivity index (χ2v) is 8.40. The van der Waals surface area contributed by atoms with E-state index in [1.54, 1.807) is 16.7 Å². The molecule has 0 spiro atoms. The van der Waals surface area contributed by atoms with Crippen molar-refractivity contribution in [1.29, 1.82) is 0 Å². The maximum atomic E-state index is 12.5. The summed E-state index contributed by atoms with van der Waals surface area (Å²) in [5, 5.41) is 12.8. The number of carbonyl (C=O) groups excluding carboxylic acids is 2. The molecule has 6 heteroatoms. The lowest BCUT2D eigenvalue weighted by molar-refractivity contribution is -0.141. The van der Waals surface area contributed by atoms with E-state index >= 15 is 0 Å². The van der Waals surface area contributed by atoms with E-state index in [0.29, 0.717) is 18.6 Å². The predicted molar refractivity (Wildman–Crippen MR) is 77.1 cm³/mol. The van der Waals surface area contributed by atoms with Gasteiger partial charge in [0.15, 0.2) is 0 Å². The number of nitrogens with one attached hydrogen (secondary N) is 1. The van der Waals surface area contributed by atoms with Gasteiger partial charge in [-0.1, -0.05) is 13.8 Å². The van der Waals surface area contributed by atoms with Gasteiger partial charge in [-0.05, 0) is 19.8 Å². The Hall–Kier alpha value is -0.750. The number of hydrogen-bond donors (Lipinski definition) is 2. The summed E-state index contributed by atoms with van der Waals surface area (Å²) in [7, 11) is 0. The monoisotopic (exact) mass is 298 g/mol. The lowest BCUT2D eigenvalue weighted by Gasteiger charge is -2.49. The van der Waals surface area contributed by atoms with Crippen molar-refractivity contribution < 1.29 is 14.7 Å². The molecule has 20 heavy (non-hydrogen) atoms. The van der Waals surface area contributed by atoms with E-state index < -0.39 is 0 Å². The molecule has 0 radical (unpaired) electrons. The summed E-state index contributed by atoms with van der Waals surface area (Å²) in [6.07, 6.45) is 1.61. The van der Waals surface area contributed by atoms with E-state index in [0.717, 1.165) is 6.42 Å². The van der Waals surface area contributed by atoms with E-state index in [4.69, 9.17) is 0 Å². The van der Waals surface area contributed by atoms with Gasteiger partial charge >= 0.3 is 0 Å². The summed E-state index contributed by atoms with van der Waals surface area (Å²) in [6, 6.07) is -0.354. The second kappa shape index (κ2) is 4.37. The van der Waals surface area contributed by atoms with Crippen LogP contribution in [-0.2, 0) is 9.59 Å². The summed E-state index contributed by atoms with van der Waals surface area (Å²) in [5.74, 6) is 0.691. The molecule has 0 aromatic rings. The molecular weight excluding hydrogens is 276 g/mol. The molecule has 2 heterocycles. The van der Waals surface area contributed by atoms with Gasteiger partial charge in [0, 0.05) is 23.6 Å². The zero-order valence-corrected chi connectivity index (χ0v) is 13.0. The topological polar surface area (TPSA) is 69.6 Å². The molecule has 1 aliphatic carbocycles. The second-order valence-electron chi connectivity index (χ2n) is 6.90.